The molecule has 1 aromatic heterocycles. The van der Waals surface area contributed by atoms with Gasteiger partial charge in [0.15, 0.2) is 0 Å². The number of ether oxygens (including phenoxy) is 2. The number of benzene rings is 2. The minimum Gasteiger partial charge on any atom is -0.508 e. The number of carbonyl (C=O) groups is 1. The molecule has 0 atom stereocenters. The van der Waals surface area contributed by atoms with E-state index in [0.29, 0.717) is 35.9 Å². The maximum absolute atomic E-state index is 12.6. The second-order valence-electron chi connectivity index (χ2n) is 8.19. The fourth-order valence-corrected chi connectivity index (χ4v) is 4.15. The van der Waals surface area contributed by atoms with E-state index >= 15 is 0 Å². The Balaban J connectivity index is 1.45. The quantitative estimate of drug-likeness (QED) is 0.481. The zero-order valence-corrected chi connectivity index (χ0v) is 19.9. The average molecular weight is 485 g/mol. The summed E-state index contributed by atoms with van der Waals surface area (Å²) >= 11 is 6.43. The summed E-state index contributed by atoms with van der Waals surface area (Å²) in [5, 5.41) is 17.1. The second-order valence-corrected chi connectivity index (χ2v) is 8.60. The number of amides is 1. The van der Waals surface area contributed by atoms with Crippen LogP contribution >= 0.6 is 11.6 Å². The Morgan fingerprint density at radius 3 is 2.68 bits per heavy atom. The lowest BCUT2D eigenvalue weighted by atomic mass is 10.1. The molecule has 0 spiro atoms. The molecule has 0 saturated carbocycles. The maximum Gasteiger partial charge on any atom is 0.224 e. The van der Waals surface area contributed by atoms with Crippen molar-refractivity contribution in [3.05, 3.63) is 59.2 Å². The van der Waals surface area contributed by atoms with E-state index in [2.05, 4.69) is 15.3 Å². The second kappa shape index (κ2) is 11.4. The fourth-order valence-electron chi connectivity index (χ4n) is 3.89. The van der Waals surface area contributed by atoms with Gasteiger partial charge in [0.25, 0.3) is 0 Å². The van der Waals surface area contributed by atoms with Gasteiger partial charge in [-0.3, -0.25) is 14.4 Å². The molecule has 1 fully saturated rings. The molecule has 9 heteroatoms. The third-order valence-corrected chi connectivity index (χ3v) is 6.04. The molecular formula is C25H29ClN4O4. The summed E-state index contributed by atoms with van der Waals surface area (Å²) in [6.07, 6.45) is 2.50. The van der Waals surface area contributed by atoms with Crippen molar-refractivity contribution in [3.8, 4) is 22.8 Å². The van der Waals surface area contributed by atoms with Gasteiger partial charge in [-0.15, -0.1) is 0 Å². The number of anilines is 1. The number of carbonyl (C=O) groups excluding carboxylic acids is 1. The predicted octanol–water partition coefficient (Wildman–Crippen LogP) is 3.73. The summed E-state index contributed by atoms with van der Waals surface area (Å²) in [7, 11) is 1.82. The van der Waals surface area contributed by atoms with Crippen LogP contribution in [0.4, 0.5) is 5.69 Å². The van der Waals surface area contributed by atoms with E-state index < -0.39 is 0 Å². The number of phenolic OH excluding ortho intramolecular Hbond substituents is 1. The standard InChI is InChI=1S/C25H29ClN4O4/c1-29-25(22(26)17-27-29)21-16-19(28-24(32)9-4-18-2-6-20(31)7-3-18)5-8-23(21)34-15-12-30-10-13-33-14-11-30/h2-3,5-8,16-17,31H,4,9-15H2,1H3,(H,28,32). The van der Waals surface area contributed by atoms with Crippen LogP contribution in [0.15, 0.2) is 48.7 Å². The Kier molecular flexibility index (Phi) is 8.05. The summed E-state index contributed by atoms with van der Waals surface area (Å²) in [4.78, 5) is 14.9. The summed E-state index contributed by atoms with van der Waals surface area (Å²) in [5.41, 5.74) is 3.13. The van der Waals surface area contributed by atoms with Crippen LogP contribution in [0.5, 0.6) is 11.5 Å². The van der Waals surface area contributed by atoms with E-state index in [-0.39, 0.29) is 11.7 Å². The number of nitrogens with zero attached hydrogens (tertiary/aromatic N) is 3. The Morgan fingerprint density at radius 2 is 1.97 bits per heavy atom. The number of morpholine rings is 1. The number of aryl methyl sites for hydroxylation is 2. The topological polar surface area (TPSA) is 88.9 Å². The van der Waals surface area contributed by atoms with Gasteiger partial charge in [0.1, 0.15) is 18.1 Å². The van der Waals surface area contributed by atoms with E-state index in [9.17, 15) is 9.90 Å². The van der Waals surface area contributed by atoms with Crippen LogP contribution in [0, 0.1) is 0 Å². The van der Waals surface area contributed by atoms with Crippen molar-refractivity contribution in [1.82, 2.24) is 14.7 Å². The third-order valence-electron chi connectivity index (χ3n) is 5.76. The number of nitrogens with one attached hydrogen (secondary N) is 1. The van der Waals surface area contributed by atoms with Crippen molar-refractivity contribution < 1.29 is 19.4 Å². The van der Waals surface area contributed by atoms with Gasteiger partial charge in [-0.25, -0.2) is 0 Å². The van der Waals surface area contributed by atoms with Crippen molar-refractivity contribution in [3.63, 3.8) is 0 Å². The van der Waals surface area contributed by atoms with Crippen molar-refractivity contribution in [1.29, 1.82) is 0 Å². The molecule has 0 bridgehead atoms. The minimum absolute atomic E-state index is 0.101. The van der Waals surface area contributed by atoms with Crippen LogP contribution in [-0.4, -0.2) is 65.1 Å². The SMILES string of the molecule is Cn1ncc(Cl)c1-c1cc(NC(=O)CCc2ccc(O)cc2)ccc1OCCN1CCOCC1. The molecule has 2 N–H and O–H groups in total. The number of aromatic nitrogens is 2. The first kappa shape index (κ1) is 24.1. The van der Waals surface area contributed by atoms with Gasteiger partial charge >= 0.3 is 0 Å². The van der Waals surface area contributed by atoms with Gasteiger partial charge in [-0.2, -0.15) is 5.10 Å². The first-order valence-corrected chi connectivity index (χ1v) is 11.7. The van der Waals surface area contributed by atoms with Crippen LogP contribution in [0.3, 0.4) is 0 Å². The van der Waals surface area contributed by atoms with E-state index in [1.54, 1.807) is 23.0 Å². The van der Waals surface area contributed by atoms with Crippen LogP contribution in [0.1, 0.15) is 12.0 Å². The summed E-state index contributed by atoms with van der Waals surface area (Å²) in [6.45, 7) is 4.63. The lowest BCUT2D eigenvalue weighted by Gasteiger charge is -2.26. The first-order chi connectivity index (χ1) is 16.5. The predicted molar refractivity (Wildman–Crippen MR) is 131 cm³/mol. The maximum atomic E-state index is 12.6. The van der Waals surface area contributed by atoms with E-state index in [4.69, 9.17) is 21.1 Å². The Hall–Kier alpha value is -3.07. The molecule has 8 nitrogen and oxygen atoms in total. The van der Waals surface area contributed by atoms with Crippen LogP contribution < -0.4 is 10.1 Å². The highest BCUT2D eigenvalue weighted by molar-refractivity contribution is 6.33. The van der Waals surface area contributed by atoms with Crippen molar-refractivity contribution in [2.24, 2.45) is 7.05 Å². The molecule has 0 radical (unpaired) electrons. The average Bonchev–Trinajstić information content (AvgIpc) is 3.18. The molecule has 1 aliphatic heterocycles. The van der Waals surface area contributed by atoms with Crippen molar-refractivity contribution in [2.75, 3.05) is 44.8 Å². The van der Waals surface area contributed by atoms with Gasteiger partial charge in [-0.1, -0.05) is 23.7 Å². The zero-order chi connectivity index (χ0) is 23.9. The van der Waals surface area contributed by atoms with Gasteiger partial charge in [-0.05, 0) is 42.3 Å². The van der Waals surface area contributed by atoms with Crippen molar-refractivity contribution >= 4 is 23.2 Å². The third kappa shape index (κ3) is 6.28. The molecule has 0 aliphatic carbocycles. The molecule has 2 aromatic carbocycles. The van der Waals surface area contributed by atoms with Gasteiger partial charge in [0.05, 0.1) is 30.1 Å². The molecule has 3 aromatic rings. The van der Waals surface area contributed by atoms with Crippen LogP contribution in [0.25, 0.3) is 11.3 Å². The first-order valence-electron chi connectivity index (χ1n) is 11.3. The monoisotopic (exact) mass is 484 g/mol. The molecule has 4 rings (SSSR count). The van der Waals surface area contributed by atoms with E-state index in [0.717, 1.165) is 49.7 Å². The largest absolute Gasteiger partial charge is 0.508 e. The minimum atomic E-state index is -0.101. The van der Waals surface area contributed by atoms with E-state index in [1.807, 2.05) is 37.4 Å². The lowest BCUT2D eigenvalue weighted by Crippen LogP contribution is -2.38. The number of hydrogen-bond donors (Lipinski definition) is 2. The summed E-state index contributed by atoms with van der Waals surface area (Å²) in [5.74, 6) is 0.791. The molecule has 34 heavy (non-hydrogen) atoms. The molecule has 1 amide bonds. The fraction of sp³-hybridized carbons (Fsp3) is 0.360. The Morgan fingerprint density at radius 1 is 1.21 bits per heavy atom. The summed E-state index contributed by atoms with van der Waals surface area (Å²) in [6, 6.07) is 12.4. The Bertz CT molecular complexity index is 1090. The highest BCUT2D eigenvalue weighted by Gasteiger charge is 2.17. The van der Waals surface area contributed by atoms with Gasteiger partial charge < -0.3 is 19.9 Å². The van der Waals surface area contributed by atoms with Gasteiger partial charge in [0.2, 0.25) is 5.91 Å². The number of phenols is 1. The number of rotatable bonds is 9. The van der Waals surface area contributed by atoms with E-state index in [1.165, 1.54) is 0 Å². The molecule has 2 heterocycles. The zero-order valence-electron chi connectivity index (χ0n) is 19.2. The summed E-state index contributed by atoms with van der Waals surface area (Å²) < 4.78 is 13.2. The molecule has 0 unspecified atom stereocenters. The normalized spacial score (nSPS) is 14.2. The number of aromatic hydroxyl groups is 1. The Labute approximate surface area is 204 Å². The number of halogens is 1. The lowest BCUT2D eigenvalue weighted by molar-refractivity contribution is -0.116. The molecule has 1 saturated heterocycles. The molecule has 1 aliphatic rings. The molecule has 180 valence electrons. The smallest absolute Gasteiger partial charge is 0.224 e. The molecular weight excluding hydrogens is 456 g/mol. The highest BCUT2D eigenvalue weighted by atomic mass is 35.5. The van der Waals surface area contributed by atoms with Crippen LogP contribution in [-0.2, 0) is 23.0 Å². The number of hydrogen-bond acceptors (Lipinski definition) is 6. The van der Waals surface area contributed by atoms with Crippen LogP contribution in [0.2, 0.25) is 5.02 Å². The van der Waals surface area contributed by atoms with Gasteiger partial charge in [0, 0.05) is 44.4 Å². The highest BCUT2D eigenvalue weighted by Crippen LogP contribution is 2.36. The van der Waals surface area contributed by atoms with Crippen molar-refractivity contribution in [2.45, 2.75) is 12.8 Å².